The summed E-state index contributed by atoms with van der Waals surface area (Å²) in [5.41, 5.74) is 4.79. The molecule has 120 valence electrons. The van der Waals surface area contributed by atoms with Gasteiger partial charge in [0, 0.05) is 49.3 Å². The molecule has 5 nitrogen and oxygen atoms in total. The van der Waals surface area contributed by atoms with Crippen molar-refractivity contribution >= 4 is 17.4 Å². The van der Waals surface area contributed by atoms with E-state index in [1.807, 2.05) is 14.1 Å². The van der Waals surface area contributed by atoms with Crippen LogP contribution in [0.2, 0.25) is 0 Å². The van der Waals surface area contributed by atoms with Crippen molar-refractivity contribution in [3.63, 3.8) is 0 Å². The molecule has 0 unspecified atom stereocenters. The third kappa shape index (κ3) is 2.40. The number of H-pyrrole nitrogens is 1. The van der Waals surface area contributed by atoms with Crippen molar-refractivity contribution in [3.8, 4) is 0 Å². The average Bonchev–Trinajstić information content (AvgIpc) is 2.88. The molecule has 1 aliphatic heterocycles. The third-order valence-corrected chi connectivity index (χ3v) is 5.15. The summed E-state index contributed by atoms with van der Waals surface area (Å²) in [6.07, 6.45) is 4.21. The normalized spacial score (nSPS) is 20.6. The molecule has 0 spiro atoms. The standard InChI is InChI=1S/C18H22N4O/c1-22(2)13-8-6-11(7-9-13)14-10-15(23)19-18-16(14)17(20-21-18)12-4-3-5-12/h6-9,12,14H,3-5,10H2,1-2H3,(H2,19,20,21,23)/t14-/m1/s1. The lowest BCUT2D eigenvalue weighted by Crippen LogP contribution is -2.24. The van der Waals surface area contributed by atoms with Gasteiger partial charge in [0.15, 0.2) is 5.82 Å². The van der Waals surface area contributed by atoms with Crippen LogP contribution in [0.3, 0.4) is 0 Å². The number of nitrogens with zero attached hydrogens (tertiary/aromatic N) is 2. The van der Waals surface area contributed by atoms with Crippen molar-refractivity contribution in [1.82, 2.24) is 10.2 Å². The van der Waals surface area contributed by atoms with E-state index in [9.17, 15) is 4.79 Å². The SMILES string of the molecule is CN(C)c1ccc([C@H]2CC(=O)Nc3n[nH]c(C4CCC4)c32)cc1. The smallest absolute Gasteiger partial charge is 0.226 e. The molecule has 2 heterocycles. The molecule has 1 amide bonds. The molecule has 1 saturated carbocycles. The number of carbonyl (C=O) groups is 1. The van der Waals surface area contributed by atoms with Crippen molar-refractivity contribution in [3.05, 3.63) is 41.1 Å². The van der Waals surface area contributed by atoms with Crippen molar-refractivity contribution in [2.45, 2.75) is 37.5 Å². The molecule has 1 atom stereocenters. The van der Waals surface area contributed by atoms with Crippen molar-refractivity contribution in [2.24, 2.45) is 0 Å². The van der Waals surface area contributed by atoms with E-state index in [0.717, 1.165) is 5.82 Å². The minimum Gasteiger partial charge on any atom is -0.378 e. The Labute approximate surface area is 136 Å². The molecule has 0 bridgehead atoms. The van der Waals surface area contributed by atoms with Gasteiger partial charge in [-0.1, -0.05) is 18.6 Å². The summed E-state index contributed by atoms with van der Waals surface area (Å²) in [7, 11) is 4.07. The lowest BCUT2D eigenvalue weighted by molar-refractivity contribution is -0.116. The summed E-state index contributed by atoms with van der Waals surface area (Å²) in [6, 6.07) is 8.51. The maximum atomic E-state index is 12.1. The fraction of sp³-hybridized carbons (Fsp3) is 0.444. The Balaban J connectivity index is 1.74. The zero-order valence-electron chi connectivity index (χ0n) is 13.6. The summed E-state index contributed by atoms with van der Waals surface area (Å²) >= 11 is 0. The second-order valence-electron chi connectivity index (χ2n) is 6.82. The number of nitrogens with one attached hydrogen (secondary N) is 2. The van der Waals surface area contributed by atoms with Gasteiger partial charge in [-0.05, 0) is 30.5 Å². The third-order valence-electron chi connectivity index (χ3n) is 5.15. The van der Waals surface area contributed by atoms with Gasteiger partial charge in [-0.3, -0.25) is 9.89 Å². The van der Waals surface area contributed by atoms with Gasteiger partial charge in [0.25, 0.3) is 0 Å². The van der Waals surface area contributed by atoms with Crippen LogP contribution in [-0.2, 0) is 4.79 Å². The van der Waals surface area contributed by atoms with Crippen molar-refractivity contribution < 1.29 is 4.79 Å². The Morgan fingerprint density at radius 3 is 2.52 bits per heavy atom. The zero-order valence-corrected chi connectivity index (χ0v) is 13.6. The summed E-state index contributed by atoms with van der Waals surface area (Å²) in [6.45, 7) is 0. The molecule has 0 radical (unpaired) electrons. The fourth-order valence-corrected chi connectivity index (χ4v) is 3.58. The molecule has 2 aromatic rings. The summed E-state index contributed by atoms with van der Waals surface area (Å²) < 4.78 is 0. The number of hydrogen-bond acceptors (Lipinski definition) is 3. The summed E-state index contributed by atoms with van der Waals surface area (Å²) in [5.74, 6) is 1.45. The number of aromatic nitrogens is 2. The highest BCUT2D eigenvalue weighted by atomic mass is 16.1. The highest BCUT2D eigenvalue weighted by Gasteiger charge is 2.35. The monoisotopic (exact) mass is 310 g/mol. The highest BCUT2D eigenvalue weighted by Crippen LogP contribution is 2.45. The fourth-order valence-electron chi connectivity index (χ4n) is 3.58. The van der Waals surface area contributed by atoms with Gasteiger partial charge in [0.05, 0.1) is 0 Å². The summed E-state index contributed by atoms with van der Waals surface area (Å²) in [4.78, 5) is 14.2. The number of amides is 1. The van der Waals surface area contributed by atoms with Crippen LogP contribution in [0.4, 0.5) is 11.5 Å². The van der Waals surface area contributed by atoms with Crippen molar-refractivity contribution in [1.29, 1.82) is 0 Å². The zero-order chi connectivity index (χ0) is 16.0. The number of carbonyl (C=O) groups excluding carboxylic acids is 1. The van der Waals surface area contributed by atoms with Gasteiger partial charge >= 0.3 is 0 Å². The first-order valence-corrected chi connectivity index (χ1v) is 8.29. The molecule has 2 aliphatic rings. The van der Waals surface area contributed by atoms with Gasteiger partial charge in [-0.2, -0.15) is 5.10 Å². The van der Waals surface area contributed by atoms with Crippen LogP contribution in [0.1, 0.15) is 54.3 Å². The molecular formula is C18H22N4O. The van der Waals surface area contributed by atoms with Crippen LogP contribution < -0.4 is 10.2 Å². The van der Waals surface area contributed by atoms with E-state index in [1.54, 1.807) is 0 Å². The van der Waals surface area contributed by atoms with Crippen LogP contribution in [0.5, 0.6) is 0 Å². The van der Waals surface area contributed by atoms with E-state index in [1.165, 1.54) is 41.8 Å². The van der Waals surface area contributed by atoms with E-state index >= 15 is 0 Å². The topological polar surface area (TPSA) is 61.0 Å². The van der Waals surface area contributed by atoms with Gasteiger partial charge in [-0.25, -0.2) is 0 Å². The second kappa shape index (κ2) is 5.41. The van der Waals surface area contributed by atoms with E-state index in [2.05, 4.69) is 44.7 Å². The Bertz CT molecular complexity index is 728. The lowest BCUT2D eigenvalue weighted by Gasteiger charge is -2.29. The maximum Gasteiger partial charge on any atom is 0.226 e. The summed E-state index contributed by atoms with van der Waals surface area (Å²) in [5, 5.41) is 10.5. The van der Waals surface area contributed by atoms with E-state index in [4.69, 9.17) is 0 Å². The van der Waals surface area contributed by atoms with Gasteiger partial charge in [-0.15, -0.1) is 0 Å². The van der Waals surface area contributed by atoms with Gasteiger partial charge in [0.2, 0.25) is 5.91 Å². The number of fused-ring (bicyclic) bond motifs is 1. The van der Waals surface area contributed by atoms with Crippen molar-refractivity contribution in [2.75, 3.05) is 24.3 Å². The molecule has 0 saturated heterocycles. The molecule has 4 rings (SSSR count). The number of rotatable bonds is 3. The van der Waals surface area contributed by atoms with E-state index in [0.29, 0.717) is 12.3 Å². The number of aromatic amines is 1. The minimum atomic E-state index is 0.0471. The van der Waals surface area contributed by atoms with E-state index < -0.39 is 0 Å². The van der Waals surface area contributed by atoms with Gasteiger partial charge < -0.3 is 10.2 Å². The Hall–Kier alpha value is -2.30. The van der Waals surface area contributed by atoms with Crippen LogP contribution in [-0.4, -0.2) is 30.2 Å². The predicted molar refractivity (Wildman–Crippen MR) is 91.0 cm³/mol. The number of benzene rings is 1. The Kier molecular flexibility index (Phi) is 3.36. The van der Waals surface area contributed by atoms with Crippen LogP contribution >= 0.6 is 0 Å². The first-order chi connectivity index (χ1) is 11.1. The molecule has 1 fully saturated rings. The maximum absolute atomic E-state index is 12.1. The first-order valence-electron chi connectivity index (χ1n) is 8.29. The van der Waals surface area contributed by atoms with E-state index in [-0.39, 0.29) is 11.8 Å². The average molecular weight is 310 g/mol. The molecule has 23 heavy (non-hydrogen) atoms. The molecular weight excluding hydrogens is 288 g/mol. The molecule has 1 aromatic carbocycles. The molecule has 1 aromatic heterocycles. The highest BCUT2D eigenvalue weighted by molar-refractivity contribution is 5.94. The quantitative estimate of drug-likeness (QED) is 0.915. The Morgan fingerprint density at radius 1 is 1.17 bits per heavy atom. The largest absolute Gasteiger partial charge is 0.378 e. The molecule has 5 heteroatoms. The Morgan fingerprint density at radius 2 is 1.91 bits per heavy atom. The lowest BCUT2D eigenvalue weighted by atomic mass is 9.77. The van der Waals surface area contributed by atoms with Gasteiger partial charge in [0.1, 0.15) is 0 Å². The number of hydrogen-bond donors (Lipinski definition) is 2. The predicted octanol–water partition coefficient (Wildman–Crippen LogP) is 3.22. The first kappa shape index (κ1) is 14.3. The molecule has 2 N–H and O–H groups in total. The second-order valence-corrected chi connectivity index (χ2v) is 6.82. The number of anilines is 2. The molecule has 1 aliphatic carbocycles. The van der Waals surface area contributed by atoms with Crippen LogP contribution in [0.25, 0.3) is 0 Å². The minimum absolute atomic E-state index is 0.0471. The van der Waals surface area contributed by atoms with Crippen LogP contribution in [0.15, 0.2) is 24.3 Å². The van der Waals surface area contributed by atoms with Crippen LogP contribution in [0, 0.1) is 0 Å².